The molecular weight excluding hydrogens is 419 g/mol. The molecule has 3 aromatic rings. The van der Waals surface area contributed by atoms with Gasteiger partial charge in [0.2, 0.25) is 5.91 Å². The molecule has 9 heteroatoms. The van der Waals surface area contributed by atoms with Crippen molar-refractivity contribution in [2.45, 2.75) is 25.5 Å². The average Bonchev–Trinajstić information content (AvgIpc) is 3.16. The zero-order valence-electron chi connectivity index (χ0n) is 18.0. The number of nitrogens with zero attached hydrogens (tertiary/aromatic N) is 4. The van der Waals surface area contributed by atoms with Gasteiger partial charge in [0.15, 0.2) is 16.7 Å². The SMILES string of the molecule is CCN(Cc1ccc(OC)c(F)c1)C(=O)CSc1nnc(C)n1-c1ccc(OC)cc1. The van der Waals surface area contributed by atoms with E-state index in [2.05, 4.69) is 10.2 Å². The summed E-state index contributed by atoms with van der Waals surface area (Å²) in [7, 11) is 3.04. The summed E-state index contributed by atoms with van der Waals surface area (Å²) in [5.41, 5.74) is 1.59. The zero-order chi connectivity index (χ0) is 22.4. The minimum absolute atomic E-state index is 0.0642. The monoisotopic (exact) mass is 444 g/mol. The van der Waals surface area contributed by atoms with Crippen molar-refractivity contribution in [1.29, 1.82) is 0 Å². The lowest BCUT2D eigenvalue weighted by atomic mass is 10.2. The van der Waals surface area contributed by atoms with Gasteiger partial charge in [0.1, 0.15) is 11.6 Å². The van der Waals surface area contributed by atoms with Crippen molar-refractivity contribution in [1.82, 2.24) is 19.7 Å². The fourth-order valence-corrected chi connectivity index (χ4v) is 3.99. The summed E-state index contributed by atoms with van der Waals surface area (Å²) in [5, 5.41) is 9.00. The van der Waals surface area contributed by atoms with E-state index >= 15 is 0 Å². The number of ether oxygens (including phenoxy) is 2. The average molecular weight is 445 g/mol. The second-order valence-electron chi connectivity index (χ2n) is 6.73. The van der Waals surface area contributed by atoms with Crippen LogP contribution >= 0.6 is 11.8 Å². The Kier molecular flexibility index (Phi) is 7.51. The maximum Gasteiger partial charge on any atom is 0.233 e. The Morgan fingerprint density at radius 3 is 2.48 bits per heavy atom. The molecule has 2 aromatic carbocycles. The van der Waals surface area contributed by atoms with Crippen molar-refractivity contribution in [2.75, 3.05) is 26.5 Å². The number of benzene rings is 2. The predicted molar refractivity (Wildman–Crippen MR) is 117 cm³/mol. The number of rotatable bonds is 9. The van der Waals surface area contributed by atoms with Crippen LogP contribution in [0.4, 0.5) is 4.39 Å². The molecule has 0 saturated carbocycles. The van der Waals surface area contributed by atoms with Gasteiger partial charge in [0, 0.05) is 18.8 Å². The molecule has 0 saturated heterocycles. The molecule has 7 nitrogen and oxygen atoms in total. The number of amides is 1. The molecule has 0 fully saturated rings. The van der Waals surface area contributed by atoms with Crippen LogP contribution in [0.3, 0.4) is 0 Å². The van der Waals surface area contributed by atoms with E-state index in [0.29, 0.717) is 23.8 Å². The second kappa shape index (κ2) is 10.3. The van der Waals surface area contributed by atoms with Crippen LogP contribution in [-0.4, -0.2) is 52.1 Å². The number of halogens is 1. The molecule has 0 aliphatic heterocycles. The molecule has 1 aromatic heterocycles. The number of hydrogen-bond acceptors (Lipinski definition) is 6. The number of aryl methyl sites for hydroxylation is 1. The number of carbonyl (C=O) groups excluding carboxylic acids is 1. The highest BCUT2D eigenvalue weighted by atomic mass is 32.2. The molecule has 0 aliphatic rings. The summed E-state index contributed by atoms with van der Waals surface area (Å²) >= 11 is 1.32. The first-order valence-electron chi connectivity index (χ1n) is 9.76. The third-order valence-electron chi connectivity index (χ3n) is 4.77. The Balaban J connectivity index is 1.68. The van der Waals surface area contributed by atoms with Crippen LogP contribution in [0.2, 0.25) is 0 Å². The van der Waals surface area contributed by atoms with Gasteiger partial charge in [-0.25, -0.2) is 4.39 Å². The van der Waals surface area contributed by atoms with Crippen LogP contribution in [0.25, 0.3) is 5.69 Å². The standard InChI is InChI=1S/C22H25FN4O3S/c1-5-26(13-16-6-11-20(30-4)19(23)12-16)21(28)14-31-22-25-24-15(2)27(22)17-7-9-18(29-3)10-8-17/h6-12H,5,13-14H2,1-4H3. The Morgan fingerprint density at radius 2 is 1.87 bits per heavy atom. The van der Waals surface area contributed by atoms with Crippen molar-refractivity contribution in [3.05, 3.63) is 59.7 Å². The number of thioether (sulfide) groups is 1. The van der Waals surface area contributed by atoms with Gasteiger partial charge in [-0.1, -0.05) is 17.8 Å². The number of aromatic nitrogens is 3. The number of carbonyl (C=O) groups is 1. The van der Waals surface area contributed by atoms with Crippen molar-refractivity contribution in [3.63, 3.8) is 0 Å². The van der Waals surface area contributed by atoms with Gasteiger partial charge in [-0.15, -0.1) is 10.2 Å². The molecule has 0 radical (unpaired) electrons. The largest absolute Gasteiger partial charge is 0.497 e. The third kappa shape index (κ3) is 5.35. The van der Waals surface area contributed by atoms with Crippen LogP contribution in [0.5, 0.6) is 11.5 Å². The summed E-state index contributed by atoms with van der Waals surface area (Å²) in [6.45, 7) is 4.59. The van der Waals surface area contributed by atoms with Gasteiger partial charge in [-0.2, -0.15) is 0 Å². The quantitative estimate of drug-likeness (QED) is 0.467. The Morgan fingerprint density at radius 1 is 1.13 bits per heavy atom. The van der Waals surface area contributed by atoms with E-state index in [0.717, 1.165) is 17.3 Å². The summed E-state index contributed by atoms with van der Waals surface area (Å²) in [4.78, 5) is 14.5. The molecule has 164 valence electrons. The van der Waals surface area contributed by atoms with Crippen molar-refractivity contribution >= 4 is 17.7 Å². The molecule has 3 rings (SSSR count). The van der Waals surface area contributed by atoms with Crippen LogP contribution in [0, 0.1) is 12.7 Å². The molecule has 0 unspecified atom stereocenters. The molecule has 0 N–H and O–H groups in total. The van der Waals surface area contributed by atoms with Gasteiger partial charge in [0.05, 0.1) is 20.0 Å². The summed E-state index contributed by atoms with van der Waals surface area (Å²) in [5.74, 6) is 1.35. The lowest BCUT2D eigenvalue weighted by Gasteiger charge is -2.21. The maximum atomic E-state index is 14.0. The molecule has 0 bridgehead atoms. The van der Waals surface area contributed by atoms with E-state index in [1.165, 1.54) is 24.9 Å². The smallest absolute Gasteiger partial charge is 0.233 e. The van der Waals surface area contributed by atoms with E-state index in [9.17, 15) is 9.18 Å². The number of hydrogen-bond donors (Lipinski definition) is 0. The Labute approximate surface area is 185 Å². The highest BCUT2D eigenvalue weighted by Crippen LogP contribution is 2.24. The van der Waals surface area contributed by atoms with Gasteiger partial charge >= 0.3 is 0 Å². The van der Waals surface area contributed by atoms with E-state index in [-0.39, 0.29) is 17.4 Å². The van der Waals surface area contributed by atoms with Crippen molar-refractivity contribution < 1.29 is 18.7 Å². The first-order chi connectivity index (χ1) is 15.0. The summed E-state index contributed by atoms with van der Waals surface area (Å²) in [6, 6.07) is 12.3. The molecule has 31 heavy (non-hydrogen) atoms. The van der Waals surface area contributed by atoms with Gasteiger partial charge in [-0.05, 0) is 55.8 Å². The second-order valence-corrected chi connectivity index (χ2v) is 7.67. The Bertz CT molecular complexity index is 1040. The normalized spacial score (nSPS) is 10.7. The summed E-state index contributed by atoms with van der Waals surface area (Å²) < 4.78 is 26.0. The van der Waals surface area contributed by atoms with Crippen molar-refractivity contribution in [2.24, 2.45) is 0 Å². The van der Waals surface area contributed by atoms with Crippen LogP contribution in [-0.2, 0) is 11.3 Å². The summed E-state index contributed by atoms with van der Waals surface area (Å²) in [6.07, 6.45) is 0. The van der Waals surface area contributed by atoms with E-state index < -0.39 is 5.82 Å². The van der Waals surface area contributed by atoms with Gasteiger partial charge < -0.3 is 14.4 Å². The van der Waals surface area contributed by atoms with E-state index in [4.69, 9.17) is 9.47 Å². The molecule has 1 amide bonds. The lowest BCUT2D eigenvalue weighted by Crippen LogP contribution is -2.31. The first-order valence-corrected chi connectivity index (χ1v) is 10.7. The predicted octanol–water partition coefficient (Wildman–Crippen LogP) is 3.87. The molecular formula is C22H25FN4O3S. The van der Waals surface area contributed by atoms with Gasteiger partial charge in [0.25, 0.3) is 0 Å². The van der Waals surface area contributed by atoms with Crippen LogP contribution in [0.15, 0.2) is 47.6 Å². The maximum absolute atomic E-state index is 14.0. The van der Waals surface area contributed by atoms with E-state index in [1.807, 2.05) is 42.7 Å². The molecule has 0 aliphatic carbocycles. The first kappa shape index (κ1) is 22.6. The fraction of sp³-hybridized carbons (Fsp3) is 0.318. The molecule has 0 atom stereocenters. The van der Waals surface area contributed by atoms with Crippen LogP contribution < -0.4 is 9.47 Å². The zero-order valence-corrected chi connectivity index (χ0v) is 18.8. The topological polar surface area (TPSA) is 69.5 Å². The van der Waals surface area contributed by atoms with Gasteiger partial charge in [-0.3, -0.25) is 9.36 Å². The highest BCUT2D eigenvalue weighted by molar-refractivity contribution is 7.99. The third-order valence-corrected chi connectivity index (χ3v) is 5.69. The van der Waals surface area contributed by atoms with Crippen molar-refractivity contribution in [3.8, 4) is 17.2 Å². The Hall–Kier alpha value is -3.07. The van der Waals surface area contributed by atoms with Crippen LogP contribution in [0.1, 0.15) is 18.3 Å². The van der Waals surface area contributed by atoms with E-state index in [1.54, 1.807) is 24.1 Å². The lowest BCUT2D eigenvalue weighted by molar-refractivity contribution is -0.128. The highest BCUT2D eigenvalue weighted by Gasteiger charge is 2.17. The molecule has 1 heterocycles. The minimum atomic E-state index is -0.444. The fourth-order valence-electron chi connectivity index (χ4n) is 3.09. The minimum Gasteiger partial charge on any atom is -0.497 e. The number of methoxy groups -OCH3 is 2. The molecule has 0 spiro atoms.